The van der Waals surface area contributed by atoms with Crippen molar-refractivity contribution >= 4 is 33.2 Å². The van der Waals surface area contributed by atoms with Crippen LogP contribution in [0.25, 0.3) is 0 Å². The molecule has 0 aromatic carbocycles. The number of halogens is 1. The molecule has 0 radical (unpaired) electrons. The summed E-state index contributed by atoms with van der Waals surface area (Å²) in [6.45, 7) is 2.34. The minimum atomic E-state index is 0. The van der Waals surface area contributed by atoms with Crippen LogP contribution < -0.4 is 0 Å². The van der Waals surface area contributed by atoms with Gasteiger partial charge in [-0.15, -0.1) is 33.2 Å². The third-order valence-corrected chi connectivity index (χ3v) is 6.15. The summed E-state index contributed by atoms with van der Waals surface area (Å²) >= 11 is 0. The van der Waals surface area contributed by atoms with E-state index >= 15 is 0 Å². The fraction of sp³-hybridized carbons (Fsp3) is 1.00. The Morgan fingerprint density at radius 2 is 1.22 bits per heavy atom. The highest BCUT2D eigenvalue weighted by molar-refractivity contribution is 14.0. The maximum absolute atomic E-state index is 2.94. The number of rotatable bonds is 4. The van der Waals surface area contributed by atoms with Gasteiger partial charge in [-0.05, 0) is 68.4 Å². The summed E-state index contributed by atoms with van der Waals surface area (Å²) in [7, 11) is 2.94. The van der Waals surface area contributed by atoms with Gasteiger partial charge < -0.3 is 0 Å². The smallest absolute Gasteiger partial charge is 0.0353 e. The van der Waals surface area contributed by atoms with Crippen molar-refractivity contribution in [1.29, 1.82) is 0 Å². The molecule has 0 N–H and O–H groups in total. The third-order valence-electron chi connectivity index (χ3n) is 5.48. The van der Waals surface area contributed by atoms with Crippen molar-refractivity contribution in [3.05, 3.63) is 0 Å². The molecule has 1 unspecified atom stereocenters. The minimum Gasteiger partial charge on any atom is -0.137 e. The van der Waals surface area contributed by atoms with E-state index in [-0.39, 0.29) is 24.0 Å². The van der Waals surface area contributed by atoms with E-state index in [0.717, 1.165) is 23.7 Å². The molecule has 2 rings (SSSR count). The molecule has 0 heterocycles. The molecule has 2 fully saturated rings. The summed E-state index contributed by atoms with van der Waals surface area (Å²) < 4.78 is 0. The maximum atomic E-state index is 2.94. The molecule has 0 aromatic rings. The van der Waals surface area contributed by atoms with Crippen molar-refractivity contribution in [2.24, 2.45) is 23.7 Å². The molecule has 0 amide bonds. The lowest BCUT2D eigenvalue weighted by Gasteiger charge is -2.37. The predicted octanol–water partition coefficient (Wildman–Crippen LogP) is 5.89. The molecule has 18 heavy (non-hydrogen) atoms. The highest BCUT2D eigenvalue weighted by Crippen LogP contribution is 2.42. The topological polar surface area (TPSA) is 0 Å². The van der Waals surface area contributed by atoms with E-state index in [1.807, 2.05) is 0 Å². The van der Waals surface area contributed by atoms with Gasteiger partial charge in [-0.3, -0.25) is 0 Å². The average Bonchev–Trinajstić information content (AvgIpc) is 2.40. The standard InChI is InChI=1S/C16H31P.HI/c1-2-3-13-4-8-15(9-5-13)16-10-6-14(12-17)7-11-16;/h13-16H,2-12,17H2,1H3;1H/t13-,14-,15-,16-;. The van der Waals surface area contributed by atoms with Crippen LogP contribution in [0.5, 0.6) is 0 Å². The van der Waals surface area contributed by atoms with Crippen molar-refractivity contribution < 1.29 is 0 Å². The zero-order valence-corrected chi connectivity index (χ0v) is 15.6. The van der Waals surface area contributed by atoms with Crippen LogP contribution in [0, 0.1) is 23.7 Å². The van der Waals surface area contributed by atoms with Crippen LogP contribution in [0.1, 0.15) is 71.1 Å². The van der Waals surface area contributed by atoms with Crippen LogP contribution in [0.4, 0.5) is 0 Å². The zero-order valence-electron chi connectivity index (χ0n) is 12.1. The summed E-state index contributed by atoms with van der Waals surface area (Å²) in [4.78, 5) is 0. The van der Waals surface area contributed by atoms with Gasteiger partial charge in [0, 0.05) is 0 Å². The van der Waals surface area contributed by atoms with Gasteiger partial charge in [0.25, 0.3) is 0 Å². The quantitative estimate of drug-likeness (QED) is 0.420. The third kappa shape index (κ3) is 4.93. The van der Waals surface area contributed by atoms with Crippen molar-refractivity contribution in [2.75, 3.05) is 6.16 Å². The van der Waals surface area contributed by atoms with E-state index in [4.69, 9.17) is 0 Å². The van der Waals surface area contributed by atoms with E-state index in [1.54, 1.807) is 38.5 Å². The first-order chi connectivity index (χ1) is 8.33. The lowest BCUT2D eigenvalue weighted by molar-refractivity contribution is 0.148. The Balaban J connectivity index is 0.00000162. The van der Waals surface area contributed by atoms with Crippen LogP contribution in [-0.2, 0) is 0 Å². The molecule has 108 valence electrons. The first-order valence-corrected chi connectivity index (χ1v) is 8.85. The molecular formula is C16H32IP. The number of hydrogen-bond donors (Lipinski definition) is 0. The van der Waals surface area contributed by atoms with Crippen molar-refractivity contribution in [2.45, 2.75) is 71.1 Å². The van der Waals surface area contributed by atoms with Gasteiger partial charge in [0.1, 0.15) is 0 Å². The van der Waals surface area contributed by atoms with Gasteiger partial charge in [0.2, 0.25) is 0 Å². The first-order valence-electron chi connectivity index (χ1n) is 8.03. The van der Waals surface area contributed by atoms with Crippen LogP contribution in [0.3, 0.4) is 0 Å². The average molecular weight is 382 g/mol. The molecular weight excluding hydrogens is 350 g/mol. The second-order valence-corrected chi connectivity index (χ2v) is 7.06. The molecule has 2 aliphatic carbocycles. The van der Waals surface area contributed by atoms with Gasteiger partial charge in [0.15, 0.2) is 0 Å². The Bertz CT molecular complexity index is 203. The van der Waals surface area contributed by atoms with Gasteiger partial charge in [-0.25, -0.2) is 0 Å². The molecule has 0 aromatic heterocycles. The van der Waals surface area contributed by atoms with Crippen LogP contribution >= 0.6 is 33.2 Å². The van der Waals surface area contributed by atoms with E-state index in [2.05, 4.69) is 16.2 Å². The fourth-order valence-electron chi connectivity index (χ4n) is 4.25. The van der Waals surface area contributed by atoms with Crippen molar-refractivity contribution in [3.8, 4) is 0 Å². The molecule has 0 aliphatic heterocycles. The second-order valence-electron chi connectivity index (χ2n) is 6.59. The molecule has 0 spiro atoms. The summed E-state index contributed by atoms with van der Waals surface area (Å²) in [5.74, 6) is 4.33. The lowest BCUT2D eigenvalue weighted by atomic mass is 9.69. The molecule has 0 nitrogen and oxygen atoms in total. The molecule has 2 heteroatoms. The highest BCUT2D eigenvalue weighted by Gasteiger charge is 2.30. The van der Waals surface area contributed by atoms with Crippen molar-refractivity contribution in [1.82, 2.24) is 0 Å². The Morgan fingerprint density at radius 3 is 1.61 bits per heavy atom. The van der Waals surface area contributed by atoms with Crippen LogP contribution in [-0.4, -0.2) is 6.16 Å². The fourth-order valence-corrected chi connectivity index (χ4v) is 4.72. The SMILES string of the molecule is CCC[C@H]1CC[C@H]([C@H]2CC[C@H](CP)CC2)CC1.I. The predicted molar refractivity (Wildman–Crippen MR) is 95.8 cm³/mol. The summed E-state index contributed by atoms with van der Waals surface area (Å²) in [5, 5.41) is 0. The van der Waals surface area contributed by atoms with Crippen molar-refractivity contribution in [3.63, 3.8) is 0 Å². The van der Waals surface area contributed by atoms with E-state index < -0.39 is 0 Å². The summed E-state index contributed by atoms with van der Waals surface area (Å²) in [5.41, 5.74) is 0. The van der Waals surface area contributed by atoms with Gasteiger partial charge in [-0.1, -0.05) is 32.6 Å². The van der Waals surface area contributed by atoms with Crippen LogP contribution in [0.2, 0.25) is 0 Å². The molecule has 2 saturated carbocycles. The minimum absolute atomic E-state index is 0. The highest BCUT2D eigenvalue weighted by atomic mass is 127. The largest absolute Gasteiger partial charge is 0.137 e. The maximum Gasteiger partial charge on any atom is -0.0353 e. The Morgan fingerprint density at radius 1 is 0.778 bits per heavy atom. The molecule has 0 saturated heterocycles. The van der Waals surface area contributed by atoms with E-state index in [0.29, 0.717) is 0 Å². The lowest BCUT2D eigenvalue weighted by Crippen LogP contribution is -2.26. The molecule has 0 bridgehead atoms. The monoisotopic (exact) mass is 382 g/mol. The van der Waals surface area contributed by atoms with Gasteiger partial charge >= 0.3 is 0 Å². The normalized spacial score (nSPS) is 37.0. The Hall–Kier alpha value is 1.16. The second kappa shape index (κ2) is 9.16. The van der Waals surface area contributed by atoms with Gasteiger partial charge in [0.05, 0.1) is 0 Å². The summed E-state index contributed by atoms with van der Waals surface area (Å²) in [6, 6.07) is 0. The van der Waals surface area contributed by atoms with E-state index in [1.165, 1.54) is 31.8 Å². The Labute approximate surface area is 134 Å². The summed E-state index contributed by atoms with van der Waals surface area (Å²) in [6.07, 6.45) is 16.6. The first kappa shape index (κ1) is 17.2. The Kier molecular flexibility index (Phi) is 8.76. The van der Waals surface area contributed by atoms with E-state index in [9.17, 15) is 0 Å². The molecule has 2 aliphatic rings. The molecule has 1 atom stereocenters. The van der Waals surface area contributed by atoms with Gasteiger partial charge in [-0.2, -0.15) is 0 Å². The zero-order chi connectivity index (χ0) is 12.1. The number of hydrogen-bond acceptors (Lipinski definition) is 0. The van der Waals surface area contributed by atoms with Crippen LogP contribution in [0.15, 0.2) is 0 Å².